The molecule has 1 unspecified atom stereocenters. The Labute approximate surface area is 116 Å². The van der Waals surface area contributed by atoms with Crippen LogP contribution in [0.3, 0.4) is 0 Å². The molecule has 1 aromatic carbocycles. The molecule has 2 nitrogen and oxygen atoms in total. The Morgan fingerprint density at radius 1 is 1.30 bits per heavy atom. The predicted octanol–water partition coefficient (Wildman–Crippen LogP) is 3.67. The molecule has 1 aromatic rings. The predicted molar refractivity (Wildman–Crippen MR) is 70.6 cm³/mol. The Hall–Kier alpha value is -1.36. The molecule has 0 saturated carbocycles. The molecular formula is C15H18F3NO. The molecule has 20 heavy (non-hydrogen) atoms. The van der Waals surface area contributed by atoms with Gasteiger partial charge in [0.05, 0.1) is 5.56 Å². The number of piperidine rings is 1. The molecule has 1 heterocycles. The lowest BCUT2D eigenvalue weighted by Crippen LogP contribution is -2.45. The van der Waals surface area contributed by atoms with Gasteiger partial charge in [-0.25, -0.2) is 0 Å². The fourth-order valence-electron chi connectivity index (χ4n) is 2.74. The third-order valence-electron chi connectivity index (χ3n) is 4.11. The molecule has 0 radical (unpaired) electrons. The number of carbonyl (C=O) groups is 1. The van der Waals surface area contributed by atoms with E-state index in [9.17, 15) is 18.0 Å². The Balaban J connectivity index is 2.24. The van der Waals surface area contributed by atoms with Crippen LogP contribution in [-0.4, -0.2) is 18.9 Å². The van der Waals surface area contributed by atoms with Crippen molar-refractivity contribution >= 4 is 5.78 Å². The average Bonchev–Trinajstić information content (AvgIpc) is 2.46. The van der Waals surface area contributed by atoms with E-state index < -0.39 is 17.2 Å². The molecule has 1 aliphatic rings. The Morgan fingerprint density at radius 2 is 1.95 bits per heavy atom. The van der Waals surface area contributed by atoms with E-state index in [1.54, 1.807) is 0 Å². The van der Waals surface area contributed by atoms with Crippen molar-refractivity contribution in [1.82, 2.24) is 5.32 Å². The molecule has 1 saturated heterocycles. The fourth-order valence-corrected chi connectivity index (χ4v) is 2.74. The molecule has 1 aliphatic heterocycles. The summed E-state index contributed by atoms with van der Waals surface area (Å²) in [4.78, 5) is 12.6. The van der Waals surface area contributed by atoms with Crippen LogP contribution < -0.4 is 5.32 Å². The van der Waals surface area contributed by atoms with Crippen molar-refractivity contribution in [1.29, 1.82) is 0 Å². The third-order valence-corrected chi connectivity index (χ3v) is 4.11. The molecule has 0 spiro atoms. The first kappa shape index (κ1) is 15.0. The molecule has 0 amide bonds. The summed E-state index contributed by atoms with van der Waals surface area (Å²) < 4.78 is 37.6. The first-order valence-electron chi connectivity index (χ1n) is 6.82. The quantitative estimate of drug-likeness (QED) is 0.859. The number of benzene rings is 1. The number of ketones is 1. The van der Waals surface area contributed by atoms with E-state index in [2.05, 4.69) is 5.32 Å². The van der Waals surface area contributed by atoms with Crippen molar-refractivity contribution in [2.75, 3.05) is 13.1 Å². The summed E-state index contributed by atoms with van der Waals surface area (Å²) in [5, 5.41) is 3.21. The van der Waals surface area contributed by atoms with Crippen molar-refractivity contribution in [3.63, 3.8) is 0 Å². The van der Waals surface area contributed by atoms with E-state index >= 15 is 0 Å². The molecule has 0 aromatic heterocycles. The van der Waals surface area contributed by atoms with E-state index in [1.165, 1.54) is 12.1 Å². The zero-order valence-electron chi connectivity index (χ0n) is 11.4. The van der Waals surface area contributed by atoms with Crippen LogP contribution in [0.4, 0.5) is 13.2 Å². The number of halogens is 3. The molecule has 0 aliphatic carbocycles. The minimum atomic E-state index is -4.36. The summed E-state index contributed by atoms with van der Waals surface area (Å²) in [5.74, 6) is -0.0547. The lowest BCUT2D eigenvalue weighted by atomic mass is 9.73. The summed E-state index contributed by atoms with van der Waals surface area (Å²) in [7, 11) is 0. The molecule has 110 valence electrons. The van der Waals surface area contributed by atoms with Crippen LogP contribution in [-0.2, 0) is 6.18 Å². The molecule has 1 atom stereocenters. The minimum absolute atomic E-state index is 0.0547. The SMILES string of the molecule is CCC1(C(=O)c2ccc(C(F)(F)F)cc2)CCCNC1. The summed E-state index contributed by atoms with van der Waals surface area (Å²) in [6.07, 6.45) is -1.97. The van der Waals surface area contributed by atoms with Gasteiger partial charge in [-0.1, -0.05) is 19.1 Å². The van der Waals surface area contributed by atoms with Gasteiger partial charge < -0.3 is 5.32 Å². The first-order valence-corrected chi connectivity index (χ1v) is 6.82. The van der Waals surface area contributed by atoms with Crippen LogP contribution in [0.1, 0.15) is 42.1 Å². The summed E-state index contributed by atoms with van der Waals surface area (Å²) >= 11 is 0. The van der Waals surface area contributed by atoms with Gasteiger partial charge in [-0.05, 0) is 37.9 Å². The van der Waals surface area contributed by atoms with Gasteiger partial charge in [0.1, 0.15) is 0 Å². The fraction of sp³-hybridized carbons (Fsp3) is 0.533. The summed E-state index contributed by atoms with van der Waals surface area (Å²) in [6, 6.07) is 4.54. The van der Waals surface area contributed by atoms with Crippen LogP contribution in [0.15, 0.2) is 24.3 Å². The highest BCUT2D eigenvalue weighted by Crippen LogP contribution is 2.35. The lowest BCUT2D eigenvalue weighted by molar-refractivity contribution is -0.137. The van der Waals surface area contributed by atoms with Gasteiger partial charge in [-0.2, -0.15) is 13.2 Å². The standard InChI is InChI=1S/C15H18F3NO/c1-2-14(8-3-9-19-10-14)13(20)11-4-6-12(7-5-11)15(16,17)18/h4-7,19H,2-3,8-10H2,1H3. The number of Topliss-reactive ketones (excluding diaryl/α,β-unsaturated/α-hetero) is 1. The van der Waals surface area contributed by atoms with E-state index in [0.29, 0.717) is 18.5 Å². The minimum Gasteiger partial charge on any atom is -0.316 e. The second kappa shape index (κ2) is 5.56. The van der Waals surface area contributed by atoms with Gasteiger partial charge in [0.15, 0.2) is 5.78 Å². The highest BCUT2D eigenvalue weighted by atomic mass is 19.4. The molecular weight excluding hydrogens is 267 g/mol. The average molecular weight is 285 g/mol. The molecule has 0 bridgehead atoms. The number of hydrogen-bond acceptors (Lipinski definition) is 2. The maximum atomic E-state index is 12.6. The number of alkyl halides is 3. The van der Waals surface area contributed by atoms with E-state index in [-0.39, 0.29) is 5.78 Å². The van der Waals surface area contributed by atoms with Crippen LogP contribution >= 0.6 is 0 Å². The topological polar surface area (TPSA) is 29.1 Å². The molecule has 1 N–H and O–H groups in total. The van der Waals surface area contributed by atoms with Gasteiger partial charge >= 0.3 is 6.18 Å². The maximum absolute atomic E-state index is 12.6. The second-order valence-corrected chi connectivity index (χ2v) is 5.32. The maximum Gasteiger partial charge on any atom is 0.416 e. The monoisotopic (exact) mass is 285 g/mol. The summed E-state index contributed by atoms with van der Waals surface area (Å²) in [5.41, 5.74) is -0.831. The normalized spacial score (nSPS) is 23.6. The Morgan fingerprint density at radius 3 is 2.40 bits per heavy atom. The molecule has 5 heteroatoms. The van der Waals surface area contributed by atoms with E-state index in [1.807, 2.05) is 6.92 Å². The van der Waals surface area contributed by atoms with Crippen molar-refractivity contribution < 1.29 is 18.0 Å². The number of hydrogen-bond donors (Lipinski definition) is 1. The zero-order valence-corrected chi connectivity index (χ0v) is 11.4. The van der Waals surface area contributed by atoms with Gasteiger partial charge in [0, 0.05) is 17.5 Å². The highest BCUT2D eigenvalue weighted by Gasteiger charge is 2.38. The largest absolute Gasteiger partial charge is 0.416 e. The molecule has 1 fully saturated rings. The van der Waals surface area contributed by atoms with Crippen LogP contribution in [0.5, 0.6) is 0 Å². The Bertz CT molecular complexity index is 473. The van der Waals surface area contributed by atoms with Crippen LogP contribution in [0.2, 0.25) is 0 Å². The van der Waals surface area contributed by atoms with Gasteiger partial charge in [0.25, 0.3) is 0 Å². The lowest BCUT2D eigenvalue weighted by Gasteiger charge is -2.35. The third kappa shape index (κ3) is 2.87. The van der Waals surface area contributed by atoms with E-state index in [0.717, 1.165) is 31.5 Å². The van der Waals surface area contributed by atoms with Gasteiger partial charge in [0.2, 0.25) is 0 Å². The van der Waals surface area contributed by atoms with Crippen molar-refractivity contribution in [2.45, 2.75) is 32.4 Å². The number of rotatable bonds is 3. The van der Waals surface area contributed by atoms with E-state index in [4.69, 9.17) is 0 Å². The van der Waals surface area contributed by atoms with Gasteiger partial charge in [-0.3, -0.25) is 4.79 Å². The Kier molecular flexibility index (Phi) is 4.18. The highest BCUT2D eigenvalue weighted by molar-refractivity contribution is 6.00. The van der Waals surface area contributed by atoms with Crippen LogP contribution in [0.25, 0.3) is 0 Å². The van der Waals surface area contributed by atoms with Crippen LogP contribution in [0, 0.1) is 5.41 Å². The van der Waals surface area contributed by atoms with Gasteiger partial charge in [-0.15, -0.1) is 0 Å². The number of nitrogens with one attached hydrogen (secondary N) is 1. The zero-order chi connectivity index (χ0) is 14.8. The summed E-state index contributed by atoms with van der Waals surface area (Å²) in [6.45, 7) is 3.44. The molecule has 2 rings (SSSR count). The number of carbonyl (C=O) groups excluding carboxylic acids is 1. The smallest absolute Gasteiger partial charge is 0.316 e. The van der Waals surface area contributed by atoms with Crippen molar-refractivity contribution in [3.8, 4) is 0 Å². The van der Waals surface area contributed by atoms with Crippen molar-refractivity contribution in [3.05, 3.63) is 35.4 Å². The first-order chi connectivity index (χ1) is 9.39. The van der Waals surface area contributed by atoms with Crippen molar-refractivity contribution in [2.24, 2.45) is 5.41 Å². The second-order valence-electron chi connectivity index (χ2n) is 5.32.